The largest absolute Gasteiger partial charge is 0.573 e. The van der Waals surface area contributed by atoms with Crippen molar-refractivity contribution in [1.82, 2.24) is 0 Å². The highest BCUT2D eigenvalue weighted by Crippen LogP contribution is 2.33. The van der Waals surface area contributed by atoms with E-state index >= 15 is 0 Å². The molecule has 1 aliphatic rings. The summed E-state index contributed by atoms with van der Waals surface area (Å²) >= 11 is 0. The molecule has 6 nitrogen and oxygen atoms in total. The number of rotatable bonds is 6. The van der Waals surface area contributed by atoms with Crippen LogP contribution in [0.3, 0.4) is 0 Å². The van der Waals surface area contributed by atoms with Crippen molar-refractivity contribution in [3.05, 3.63) is 107 Å². The first-order chi connectivity index (χ1) is 18.8. The molecule has 0 saturated heterocycles. The van der Waals surface area contributed by atoms with Crippen LogP contribution in [-0.4, -0.2) is 29.4 Å². The third kappa shape index (κ3) is 7.08. The second kappa shape index (κ2) is 11.3. The van der Waals surface area contributed by atoms with E-state index in [1.807, 2.05) is 0 Å². The number of anilines is 2. The van der Waals surface area contributed by atoms with E-state index in [0.29, 0.717) is 33.6 Å². The first kappa shape index (κ1) is 28.4. The van der Waals surface area contributed by atoms with Crippen molar-refractivity contribution in [2.45, 2.75) is 25.1 Å². The molecule has 1 aliphatic heterocycles. The van der Waals surface area contributed by atoms with Crippen LogP contribution in [0.15, 0.2) is 85.0 Å². The maximum atomic E-state index is 13.0. The van der Waals surface area contributed by atoms with Crippen molar-refractivity contribution in [3.63, 3.8) is 0 Å². The Morgan fingerprint density at radius 1 is 0.950 bits per heavy atom. The van der Waals surface area contributed by atoms with E-state index in [1.54, 1.807) is 18.2 Å². The predicted molar refractivity (Wildman–Crippen MR) is 134 cm³/mol. The number of ether oxygens (including phenoxy) is 1. The molecule has 0 aromatic heterocycles. The highest BCUT2D eigenvalue weighted by Gasteiger charge is 2.31. The van der Waals surface area contributed by atoms with Gasteiger partial charge in [0.2, 0.25) is 5.91 Å². The Morgan fingerprint density at radius 2 is 1.57 bits per heavy atom. The third-order valence-corrected chi connectivity index (χ3v) is 5.82. The minimum atomic E-state index is -4.90. The lowest BCUT2D eigenvalue weighted by atomic mass is 9.96. The van der Waals surface area contributed by atoms with E-state index in [1.165, 1.54) is 36.4 Å². The lowest BCUT2D eigenvalue weighted by Gasteiger charge is -2.23. The van der Waals surface area contributed by atoms with Gasteiger partial charge < -0.3 is 20.5 Å². The number of carbonyl (C=O) groups is 2. The first-order valence-electron chi connectivity index (χ1n) is 11.6. The lowest BCUT2D eigenvalue weighted by molar-refractivity contribution is -0.274. The molecule has 3 N–H and O–H groups in total. The number of nitrogens with one attached hydrogen (secondary N) is 2. The smallest absolute Gasteiger partial charge is 0.406 e. The van der Waals surface area contributed by atoms with Crippen LogP contribution in [-0.2, 0) is 22.2 Å². The first-order valence-corrected chi connectivity index (χ1v) is 11.6. The summed E-state index contributed by atoms with van der Waals surface area (Å²) in [6.45, 7) is 0. The van der Waals surface area contributed by atoms with Gasteiger partial charge in [-0.15, -0.1) is 13.2 Å². The van der Waals surface area contributed by atoms with Crippen molar-refractivity contribution in [2.75, 3.05) is 10.6 Å². The highest BCUT2D eigenvalue weighted by molar-refractivity contribution is 6.03. The summed E-state index contributed by atoms with van der Waals surface area (Å²) in [5, 5.41) is 15.0. The summed E-state index contributed by atoms with van der Waals surface area (Å²) in [6.07, 6.45) is -6.85. The van der Waals surface area contributed by atoms with Crippen molar-refractivity contribution >= 4 is 28.8 Å². The maximum absolute atomic E-state index is 13.0. The average molecular weight is 562 g/mol. The fourth-order valence-corrected chi connectivity index (χ4v) is 3.98. The molecule has 1 heterocycles. The van der Waals surface area contributed by atoms with Gasteiger partial charge in [-0.2, -0.15) is 13.2 Å². The number of aliphatic hydroxyl groups excluding tert-OH is 1. The second-order valence-corrected chi connectivity index (χ2v) is 8.62. The minimum Gasteiger partial charge on any atom is -0.406 e. The van der Waals surface area contributed by atoms with Crippen LogP contribution in [0.5, 0.6) is 5.75 Å². The molecular formula is C28H20F6N2O4. The van der Waals surface area contributed by atoms with Gasteiger partial charge in [-0.3, -0.25) is 9.59 Å². The quantitative estimate of drug-likeness (QED) is 0.193. The zero-order valence-corrected chi connectivity index (χ0v) is 20.3. The molecule has 1 atom stereocenters. The summed E-state index contributed by atoms with van der Waals surface area (Å²) in [7, 11) is 0. The fraction of sp³-hybridized carbons (Fsp3) is 0.143. The summed E-state index contributed by atoms with van der Waals surface area (Å²) in [4.78, 5) is 24.3. The van der Waals surface area contributed by atoms with Crippen LogP contribution in [0.1, 0.15) is 22.3 Å². The van der Waals surface area contributed by atoms with E-state index < -0.39 is 41.8 Å². The van der Waals surface area contributed by atoms with Crippen LogP contribution in [0.4, 0.5) is 37.7 Å². The molecule has 0 fully saturated rings. The van der Waals surface area contributed by atoms with Crippen LogP contribution in [0, 0.1) is 0 Å². The van der Waals surface area contributed by atoms with E-state index in [4.69, 9.17) is 0 Å². The second-order valence-electron chi connectivity index (χ2n) is 8.62. The van der Waals surface area contributed by atoms with Gasteiger partial charge in [0.25, 0.3) is 5.91 Å². The van der Waals surface area contributed by atoms with Crippen LogP contribution in [0.2, 0.25) is 0 Å². The SMILES string of the molecule is O=C(/C=C/C=C(\c1ccc(OC(F)(F)F)cc1)c1ccc(C(F)(F)F)cc1)Nc1cccc2c1CC(O)C(=O)N2. The number of hydrogen-bond donors (Lipinski definition) is 3. The van der Waals surface area contributed by atoms with Gasteiger partial charge in [-0.1, -0.05) is 42.5 Å². The zero-order chi connectivity index (χ0) is 29.1. The topological polar surface area (TPSA) is 87.7 Å². The zero-order valence-electron chi connectivity index (χ0n) is 20.3. The molecule has 208 valence electrons. The van der Waals surface area contributed by atoms with E-state index in [2.05, 4.69) is 15.4 Å². The normalized spacial score (nSPS) is 15.9. The average Bonchev–Trinajstić information content (AvgIpc) is 2.87. The Kier molecular flexibility index (Phi) is 8.01. The van der Waals surface area contributed by atoms with Gasteiger partial charge in [0.15, 0.2) is 0 Å². The van der Waals surface area contributed by atoms with Crippen LogP contribution < -0.4 is 15.4 Å². The van der Waals surface area contributed by atoms with Gasteiger partial charge in [0.1, 0.15) is 11.9 Å². The van der Waals surface area contributed by atoms with Gasteiger partial charge in [0, 0.05) is 29.4 Å². The van der Waals surface area contributed by atoms with Gasteiger partial charge >= 0.3 is 12.5 Å². The van der Waals surface area contributed by atoms with E-state index in [0.717, 1.165) is 30.3 Å². The molecule has 1 unspecified atom stereocenters. The highest BCUT2D eigenvalue weighted by atomic mass is 19.4. The van der Waals surface area contributed by atoms with E-state index in [-0.39, 0.29) is 6.42 Å². The molecule has 0 spiro atoms. The number of benzene rings is 3. The van der Waals surface area contributed by atoms with E-state index in [9.17, 15) is 41.0 Å². The van der Waals surface area contributed by atoms with Gasteiger partial charge in [0.05, 0.1) is 5.56 Å². The van der Waals surface area contributed by atoms with Crippen molar-refractivity contribution in [3.8, 4) is 5.75 Å². The molecule has 0 saturated carbocycles. The molecule has 2 amide bonds. The van der Waals surface area contributed by atoms with Crippen molar-refractivity contribution < 1.29 is 45.8 Å². The Labute approximate surface area is 223 Å². The number of fused-ring (bicyclic) bond motifs is 1. The Morgan fingerprint density at radius 3 is 2.17 bits per heavy atom. The molecule has 12 heteroatoms. The standard InChI is InChI=1S/C28H20F6N2O4/c29-27(30,31)18-11-7-16(8-12-18)20(17-9-13-19(14-10-17)40-28(32,33)34)3-1-6-25(38)35-22-4-2-5-23-21(22)15-24(37)26(39)36-23/h1-14,24,37H,15H2,(H,35,38)(H,36,39)/b6-1+,20-3-. The monoisotopic (exact) mass is 562 g/mol. The fourth-order valence-electron chi connectivity index (χ4n) is 3.98. The number of amides is 2. The molecule has 0 bridgehead atoms. The molecule has 3 aromatic carbocycles. The van der Waals surface area contributed by atoms with Crippen LogP contribution >= 0.6 is 0 Å². The summed E-state index contributed by atoms with van der Waals surface area (Å²) in [5.41, 5.74) is 1.42. The predicted octanol–water partition coefficient (Wildman–Crippen LogP) is 6.09. The minimum absolute atomic E-state index is 0.00659. The van der Waals surface area contributed by atoms with Gasteiger partial charge in [-0.25, -0.2) is 0 Å². The Balaban J connectivity index is 1.60. The van der Waals surface area contributed by atoms with Crippen molar-refractivity contribution in [2.24, 2.45) is 0 Å². The molecule has 3 aromatic rings. The summed E-state index contributed by atoms with van der Waals surface area (Å²) in [6, 6.07) is 13.7. The number of carbonyl (C=O) groups excluding carboxylic acids is 2. The number of alkyl halides is 6. The Hall–Kier alpha value is -4.58. The number of hydrogen-bond acceptors (Lipinski definition) is 4. The Bertz CT molecular complexity index is 1460. The number of aliphatic hydroxyl groups is 1. The molecule has 4 rings (SSSR count). The molecule has 0 radical (unpaired) electrons. The molecular weight excluding hydrogens is 542 g/mol. The molecule has 40 heavy (non-hydrogen) atoms. The van der Waals surface area contributed by atoms with Crippen LogP contribution in [0.25, 0.3) is 5.57 Å². The summed E-state index contributed by atoms with van der Waals surface area (Å²) in [5.74, 6) is -1.63. The summed E-state index contributed by atoms with van der Waals surface area (Å²) < 4.78 is 80.5. The number of allylic oxidation sites excluding steroid dienone is 2. The maximum Gasteiger partial charge on any atom is 0.573 e. The number of halogens is 6. The van der Waals surface area contributed by atoms with Gasteiger partial charge in [-0.05, 0) is 53.1 Å². The van der Waals surface area contributed by atoms with Crippen molar-refractivity contribution in [1.29, 1.82) is 0 Å². The molecule has 0 aliphatic carbocycles. The lowest BCUT2D eigenvalue weighted by Crippen LogP contribution is -2.34. The third-order valence-electron chi connectivity index (χ3n) is 5.82.